The maximum absolute atomic E-state index is 13.2. The zero-order chi connectivity index (χ0) is 22.8. The second-order valence-electron chi connectivity index (χ2n) is 6.16. The molecular weight excluding hydrogens is 435 g/mol. The molecule has 0 amide bonds. The molecule has 6 nitrogen and oxygen atoms in total. The van der Waals surface area contributed by atoms with Crippen LogP contribution in [0.1, 0.15) is 17.0 Å². The van der Waals surface area contributed by atoms with Gasteiger partial charge in [-0.3, -0.25) is 0 Å². The lowest BCUT2D eigenvalue weighted by atomic mass is 10.1. The molecule has 2 aromatic heterocycles. The molecule has 3 aromatic rings. The molecule has 0 fully saturated rings. The minimum atomic E-state index is -4.95. The third kappa shape index (κ3) is 5.47. The molecule has 3 rings (SSSR count). The molecule has 0 aliphatic heterocycles. The Morgan fingerprint density at radius 3 is 2.39 bits per heavy atom. The molecule has 31 heavy (non-hydrogen) atoms. The van der Waals surface area contributed by atoms with Crippen molar-refractivity contribution in [3.63, 3.8) is 0 Å². The number of aromatic nitrogens is 3. The fraction of sp³-hybridized carbons (Fsp3) is 0.222. The van der Waals surface area contributed by atoms with Crippen molar-refractivity contribution in [1.82, 2.24) is 15.2 Å². The molecule has 0 spiro atoms. The standard InChI is InChI=1S/C18H10F7N5O/c19-14-3-1-2-13(27-14)16-29-28-15(31-16)8-30(9-17(20,21)22)11-5-4-10(7-26)12(6-11)18(23,24)25/h1-6H,8-9H2. The fourth-order valence-corrected chi connectivity index (χ4v) is 2.63. The summed E-state index contributed by atoms with van der Waals surface area (Å²) in [5.41, 5.74) is -2.65. The number of rotatable bonds is 5. The van der Waals surface area contributed by atoms with E-state index in [0.717, 1.165) is 18.2 Å². The topological polar surface area (TPSA) is 78.8 Å². The fourth-order valence-electron chi connectivity index (χ4n) is 2.63. The van der Waals surface area contributed by atoms with Crippen molar-refractivity contribution in [2.45, 2.75) is 18.9 Å². The average Bonchev–Trinajstić information content (AvgIpc) is 3.14. The van der Waals surface area contributed by atoms with E-state index in [9.17, 15) is 30.7 Å². The first-order chi connectivity index (χ1) is 14.5. The van der Waals surface area contributed by atoms with Gasteiger partial charge in [0.2, 0.25) is 11.8 Å². The van der Waals surface area contributed by atoms with E-state index in [1.54, 1.807) is 0 Å². The molecule has 0 atom stereocenters. The molecule has 13 heteroatoms. The molecule has 0 saturated heterocycles. The van der Waals surface area contributed by atoms with E-state index in [1.165, 1.54) is 18.2 Å². The molecule has 0 N–H and O–H groups in total. The summed E-state index contributed by atoms with van der Waals surface area (Å²) >= 11 is 0. The van der Waals surface area contributed by atoms with Crippen LogP contribution in [0, 0.1) is 17.3 Å². The zero-order valence-corrected chi connectivity index (χ0v) is 15.2. The molecular formula is C18H10F7N5O. The quantitative estimate of drug-likeness (QED) is 0.418. The first kappa shape index (κ1) is 22.0. The van der Waals surface area contributed by atoms with Gasteiger partial charge in [-0.15, -0.1) is 10.2 Å². The molecule has 0 radical (unpaired) electrons. The van der Waals surface area contributed by atoms with E-state index in [4.69, 9.17) is 9.68 Å². The van der Waals surface area contributed by atoms with Crippen molar-refractivity contribution in [1.29, 1.82) is 5.26 Å². The van der Waals surface area contributed by atoms with Gasteiger partial charge in [0, 0.05) is 5.69 Å². The van der Waals surface area contributed by atoms with Gasteiger partial charge in [-0.1, -0.05) is 6.07 Å². The molecule has 162 valence electrons. The SMILES string of the molecule is N#Cc1ccc(N(Cc2nnc(-c3cccc(F)n3)o2)CC(F)(F)F)cc1C(F)(F)F. The zero-order valence-electron chi connectivity index (χ0n) is 15.2. The third-order valence-electron chi connectivity index (χ3n) is 3.89. The Balaban J connectivity index is 1.95. The van der Waals surface area contributed by atoms with Crippen molar-refractivity contribution in [3.05, 3.63) is 59.4 Å². The van der Waals surface area contributed by atoms with Gasteiger partial charge in [0.1, 0.15) is 12.2 Å². The Labute approximate surface area is 169 Å². The Kier molecular flexibility index (Phi) is 5.83. The summed E-state index contributed by atoms with van der Waals surface area (Å²) < 4.78 is 97.2. The van der Waals surface area contributed by atoms with Gasteiger partial charge in [-0.25, -0.2) is 4.98 Å². The Hall–Kier alpha value is -3.69. The average molecular weight is 445 g/mol. The van der Waals surface area contributed by atoms with E-state index >= 15 is 0 Å². The highest BCUT2D eigenvalue weighted by Crippen LogP contribution is 2.35. The molecule has 0 saturated carbocycles. The summed E-state index contributed by atoms with van der Waals surface area (Å²) in [4.78, 5) is 4.03. The van der Waals surface area contributed by atoms with Gasteiger partial charge in [-0.05, 0) is 30.3 Å². The van der Waals surface area contributed by atoms with Crippen LogP contribution >= 0.6 is 0 Å². The number of nitriles is 1. The van der Waals surface area contributed by atoms with E-state index in [0.29, 0.717) is 11.0 Å². The smallest absolute Gasteiger partial charge is 0.417 e. The molecule has 2 heterocycles. The highest BCUT2D eigenvalue weighted by atomic mass is 19.4. The summed E-state index contributed by atoms with van der Waals surface area (Å²) in [5.74, 6) is -1.51. The van der Waals surface area contributed by atoms with Gasteiger partial charge >= 0.3 is 12.4 Å². The van der Waals surface area contributed by atoms with Crippen molar-refractivity contribution >= 4 is 5.69 Å². The highest BCUT2D eigenvalue weighted by molar-refractivity contribution is 5.55. The predicted molar refractivity (Wildman–Crippen MR) is 90.8 cm³/mol. The number of alkyl halides is 6. The van der Waals surface area contributed by atoms with Crippen molar-refractivity contribution < 1.29 is 35.2 Å². The summed E-state index contributed by atoms with van der Waals surface area (Å²) in [6.45, 7) is -2.34. The first-order valence-electron chi connectivity index (χ1n) is 8.34. The Morgan fingerprint density at radius 1 is 1.03 bits per heavy atom. The number of benzene rings is 1. The Morgan fingerprint density at radius 2 is 1.77 bits per heavy atom. The molecule has 0 unspecified atom stereocenters. The maximum atomic E-state index is 13.2. The molecule has 0 bridgehead atoms. The van der Waals surface area contributed by atoms with E-state index in [1.807, 2.05) is 0 Å². The summed E-state index contributed by atoms with van der Waals surface area (Å²) in [7, 11) is 0. The van der Waals surface area contributed by atoms with Crippen molar-refractivity contribution in [3.8, 4) is 17.7 Å². The minimum absolute atomic E-state index is 0.0705. The van der Waals surface area contributed by atoms with E-state index < -0.39 is 48.2 Å². The first-order valence-corrected chi connectivity index (χ1v) is 8.34. The summed E-state index contributed by atoms with van der Waals surface area (Å²) in [5, 5.41) is 16.0. The number of nitrogens with zero attached hydrogens (tertiary/aromatic N) is 5. The van der Waals surface area contributed by atoms with Crippen LogP contribution in [0.3, 0.4) is 0 Å². The normalized spacial score (nSPS) is 11.9. The number of anilines is 1. The lowest BCUT2D eigenvalue weighted by Gasteiger charge is -2.25. The number of halogens is 7. The maximum Gasteiger partial charge on any atom is 0.417 e. The van der Waals surface area contributed by atoms with Gasteiger partial charge in [0.15, 0.2) is 0 Å². The van der Waals surface area contributed by atoms with Gasteiger partial charge in [0.05, 0.1) is 23.7 Å². The summed E-state index contributed by atoms with van der Waals surface area (Å²) in [6, 6.07) is 7.19. The van der Waals surface area contributed by atoms with E-state index in [-0.39, 0.29) is 17.5 Å². The van der Waals surface area contributed by atoms with Crippen LogP contribution < -0.4 is 4.90 Å². The second kappa shape index (κ2) is 8.21. The molecule has 0 aliphatic rings. The number of hydrogen-bond acceptors (Lipinski definition) is 6. The van der Waals surface area contributed by atoms with Crippen molar-refractivity contribution in [2.24, 2.45) is 0 Å². The van der Waals surface area contributed by atoms with Crippen LogP contribution in [0.4, 0.5) is 36.4 Å². The van der Waals surface area contributed by atoms with Gasteiger partial charge in [0.25, 0.3) is 5.89 Å². The van der Waals surface area contributed by atoms with Crippen LogP contribution in [-0.2, 0) is 12.7 Å². The van der Waals surface area contributed by atoms with Crippen LogP contribution in [0.25, 0.3) is 11.6 Å². The van der Waals surface area contributed by atoms with Crippen LogP contribution in [0.15, 0.2) is 40.8 Å². The number of pyridine rings is 1. The van der Waals surface area contributed by atoms with Gasteiger partial charge < -0.3 is 9.32 Å². The van der Waals surface area contributed by atoms with Crippen LogP contribution in [0.2, 0.25) is 0 Å². The lowest BCUT2D eigenvalue weighted by molar-refractivity contribution is -0.137. The monoisotopic (exact) mass is 445 g/mol. The summed E-state index contributed by atoms with van der Waals surface area (Å²) in [6.07, 6.45) is -9.73. The minimum Gasteiger partial charge on any atom is -0.417 e. The largest absolute Gasteiger partial charge is 0.417 e. The second-order valence-corrected chi connectivity index (χ2v) is 6.16. The van der Waals surface area contributed by atoms with Crippen LogP contribution in [0.5, 0.6) is 0 Å². The number of hydrogen-bond donors (Lipinski definition) is 0. The lowest BCUT2D eigenvalue weighted by Crippen LogP contribution is -2.34. The third-order valence-corrected chi connectivity index (χ3v) is 3.89. The van der Waals surface area contributed by atoms with E-state index in [2.05, 4.69) is 15.2 Å². The van der Waals surface area contributed by atoms with Gasteiger partial charge in [-0.2, -0.15) is 36.0 Å². The highest BCUT2D eigenvalue weighted by Gasteiger charge is 2.36. The Bertz CT molecular complexity index is 1120. The predicted octanol–water partition coefficient (Wildman–Crippen LogP) is 4.73. The van der Waals surface area contributed by atoms with Crippen molar-refractivity contribution in [2.75, 3.05) is 11.4 Å². The molecule has 0 aliphatic carbocycles. The molecule has 1 aromatic carbocycles. The van der Waals surface area contributed by atoms with Crippen LogP contribution in [-0.4, -0.2) is 27.9 Å².